The van der Waals surface area contributed by atoms with Crippen LogP contribution in [0.3, 0.4) is 0 Å². The molecule has 1 aromatic carbocycles. The van der Waals surface area contributed by atoms with E-state index in [1.165, 1.54) is 6.07 Å². The molecule has 0 aliphatic heterocycles. The number of carbonyl (C=O) groups excluding carboxylic acids is 1. The maximum absolute atomic E-state index is 12.6. The fraction of sp³-hybridized carbons (Fsp3) is 0.174. The molecule has 0 aliphatic carbocycles. The average molecular weight is 452 g/mol. The van der Waals surface area contributed by atoms with Crippen molar-refractivity contribution in [1.29, 1.82) is 0 Å². The number of aromatic nitrogens is 5. The van der Waals surface area contributed by atoms with Crippen LogP contribution in [0.25, 0.3) is 11.1 Å². The normalized spacial score (nSPS) is 11.4. The fourth-order valence-electron chi connectivity index (χ4n) is 3.18. The van der Waals surface area contributed by atoms with Crippen LogP contribution >= 0.6 is 0 Å². The maximum Gasteiger partial charge on any atom is 0.433 e. The number of rotatable bonds is 6. The van der Waals surface area contributed by atoms with Gasteiger partial charge in [0.2, 0.25) is 5.91 Å². The largest absolute Gasteiger partial charge is 0.433 e. The van der Waals surface area contributed by atoms with Gasteiger partial charge in [-0.3, -0.25) is 9.48 Å². The number of alkyl halides is 3. The van der Waals surface area contributed by atoms with Gasteiger partial charge in [0, 0.05) is 37.6 Å². The van der Waals surface area contributed by atoms with Gasteiger partial charge in [-0.1, -0.05) is 24.3 Å². The van der Waals surface area contributed by atoms with E-state index in [9.17, 15) is 18.0 Å². The van der Waals surface area contributed by atoms with Crippen LogP contribution in [0.4, 0.5) is 18.9 Å². The van der Waals surface area contributed by atoms with Crippen LogP contribution in [0.1, 0.15) is 22.6 Å². The number of pyridine rings is 1. The van der Waals surface area contributed by atoms with Crippen molar-refractivity contribution in [2.75, 3.05) is 5.32 Å². The molecule has 0 unspecified atom stereocenters. The summed E-state index contributed by atoms with van der Waals surface area (Å²) in [6.07, 6.45) is 4.33. The smallest absolute Gasteiger partial charge is 0.324 e. The van der Waals surface area contributed by atoms with E-state index in [-0.39, 0.29) is 18.0 Å². The minimum absolute atomic E-state index is 0.0713. The molecule has 0 spiro atoms. The average Bonchev–Trinajstić information content (AvgIpc) is 3.19. The van der Waals surface area contributed by atoms with Gasteiger partial charge >= 0.3 is 6.18 Å². The third-order valence-electron chi connectivity index (χ3n) is 4.82. The number of halogens is 3. The second-order valence-electron chi connectivity index (χ2n) is 7.44. The number of carbonyl (C=O) groups is 1. The van der Waals surface area contributed by atoms with E-state index in [2.05, 4.69) is 25.4 Å². The summed E-state index contributed by atoms with van der Waals surface area (Å²) in [7, 11) is 1.85. The molecule has 4 aromatic rings. The Labute approximate surface area is 187 Å². The molecule has 1 N–H and O–H groups in total. The Bertz CT molecular complexity index is 1230. The van der Waals surface area contributed by atoms with Crippen LogP contribution in [0.2, 0.25) is 0 Å². The summed E-state index contributed by atoms with van der Waals surface area (Å²) in [5.74, 6) is 0.338. The maximum atomic E-state index is 12.6. The Balaban J connectivity index is 1.34. The van der Waals surface area contributed by atoms with Crippen molar-refractivity contribution in [3.05, 3.63) is 90.0 Å². The summed E-state index contributed by atoms with van der Waals surface area (Å²) in [6, 6.07) is 9.35. The number of aryl methyl sites for hydroxylation is 1. The summed E-state index contributed by atoms with van der Waals surface area (Å²) in [4.78, 5) is 24.4. The molecule has 0 radical (unpaired) electrons. The Morgan fingerprint density at radius 3 is 2.21 bits per heavy atom. The predicted octanol–water partition coefficient (Wildman–Crippen LogP) is 4.06. The van der Waals surface area contributed by atoms with Crippen LogP contribution in [0.5, 0.6) is 0 Å². The molecule has 3 aromatic heterocycles. The van der Waals surface area contributed by atoms with Gasteiger partial charge in [-0.15, -0.1) is 0 Å². The Hall–Kier alpha value is -4.08. The highest BCUT2D eigenvalue weighted by Crippen LogP contribution is 2.27. The first-order valence-electron chi connectivity index (χ1n) is 9.97. The third kappa shape index (κ3) is 5.79. The van der Waals surface area contributed by atoms with Crippen molar-refractivity contribution in [1.82, 2.24) is 24.7 Å². The Morgan fingerprint density at radius 1 is 0.909 bits per heavy atom. The van der Waals surface area contributed by atoms with Crippen LogP contribution in [-0.4, -0.2) is 30.6 Å². The van der Waals surface area contributed by atoms with E-state index in [0.717, 1.165) is 34.5 Å². The summed E-state index contributed by atoms with van der Waals surface area (Å²) >= 11 is 0. The minimum atomic E-state index is -4.52. The van der Waals surface area contributed by atoms with E-state index < -0.39 is 11.9 Å². The lowest BCUT2D eigenvalue weighted by Gasteiger charge is -2.08. The first kappa shape index (κ1) is 22.1. The molecule has 33 heavy (non-hydrogen) atoms. The number of anilines is 1. The second kappa shape index (κ2) is 9.19. The second-order valence-corrected chi connectivity index (χ2v) is 7.44. The zero-order valence-corrected chi connectivity index (χ0v) is 17.5. The number of nitrogens with one attached hydrogen (secondary N) is 1. The molecule has 0 saturated heterocycles. The number of amides is 1. The summed E-state index contributed by atoms with van der Waals surface area (Å²) in [6.45, 7) is 0. The number of benzene rings is 1. The van der Waals surface area contributed by atoms with Gasteiger partial charge in [0.1, 0.15) is 11.5 Å². The molecular weight excluding hydrogens is 433 g/mol. The van der Waals surface area contributed by atoms with Crippen molar-refractivity contribution >= 4 is 11.6 Å². The first-order valence-corrected chi connectivity index (χ1v) is 9.97. The number of hydrogen-bond donors (Lipinski definition) is 1. The summed E-state index contributed by atoms with van der Waals surface area (Å²) < 4.78 is 39.4. The highest BCUT2D eigenvalue weighted by molar-refractivity contribution is 5.92. The minimum Gasteiger partial charge on any atom is -0.324 e. The third-order valence-corrected chi connectivity index (χ3v) is 4.82. The number of hydrogen-bond acceptors (Lipinski definition) is 5. The van der Waals surface area contributed by atoms with Gasteiger partial charge in [0.15, 0.2) is 0 Å². The lowest BCUT2D eigenvalue weighted by molar-refractivity contribution is -0.141. The van der Waals surface area contributed by atoms with Crippen LogP contribution in [0.15, 0.2) is 67.4 Å². The van der Waals surface area contributed by atoms with E-state index in [1.54, 1.807) is 23.3 Å². The first-order chi connectivity index (χ1) is 15.8. The molecule has 0 aliphatic rings. The summed E-state index contributed by atoms with van der Waals surface area (Å²) in [5.41, 5.74) is 2.72. The Kier molecular flexibility index (Phi) is 6.16. The van der Waals surface area contributed by atoms with Crippen LogP contribution in [-0.2, 0) is 30.9 Å². The van der Waals surface area contributed by atoms with E-state index in [0.29, 0.717) is 12.2 Å². The van der Waals surface area contributed by atoms with Gasteiger partial charge in [-0.05, 0) is 28.8 Å². The van der Waals surface area contributed by atoms with Crippen LogP contribution in [0, 0.1) is 0 Å². The molecule has 3 heterocycles. The molecule has 10 heteroatoms. The molecule has 4 rings (SSSR count). The molecule has 0 bridgehead atoms. The van der Waals surface area contributed by atoms with Crippen molar-refractivity contribution in [2.24, 2.45) is 7.05 Å². The van der Waals surface area contributed by atoms with E-state index in [4.69, 9.17) is 0 Å². The Morgan fingerprint density at radius 2 is 1.64 bits per heavy atom. The zero-order chi connectivity index (χ0) is 23.4. The monoisotopic (exact) mass is 452 g/mol. The van der Waals surface area contributed by atoms with Gasteiger partial charge < -0.3 is 5.32 Å². The van der Waals surface area contributed by atoms with Crippen molar-refractivity contribution in [3.63, 3.8) is 0 Å². The molecule has 0 saturated carbocycles. The molecule has 1 amide bonds. The number of nitrogens with zero attached hydrogens (tertiary/aromatic N) is 5. The van der Waals surface area contributed by atoms with E-state index in [1.807, 2.05) is 37.5 Å². The predicted molar refractivity (Wildman–Crippen MR) is 115 cm³/mol. The van der Waals surface area contributed by atoms with Crippen molar-refractivity contribution in [3.8, 4) is 11.1 Å². The molecular formula is C23H19F3N6O. The standard InChI is InChI=1S/C23H19F3N6O/c1-32-14-16(10-30-32)8-21-28-11-18(12-29-21)17-4-2-15(3-5-17)9-22(33)31-19-6-7-20(27-13-19)23(24,25)26/h2-7,10-14H,8-9H2,1H3,(H,31,33). The SMILES string of the molecule is Cn1cc(Cc2ncc(-c3ccc(CC(=O)Nc4ccc(C(F)(F)F)nc4)cc3)cn2)cn1. The van der Waals surface area contributed by atoms with Gasteiger partial charge in [0.25, 0.3) is 0 Å². The van der Waals surface area contributed by atoms with Gasteiger partial charge in [-0.25, -0.2) is 15.0 Å². The zero-order valence-electron chi connectivity index (χ0n) is 17.5. The molecule has 0 fully saturated rings. The fourth-order valence-corrected chi connectivity index (χ4v) is 3.18. The van der Waals surface area contributed by atoms with Crippen LogP contribution < -0.4 is 5.32 Å². The van der Waals surface area contributed by atoms with E-state index >= 15 is 0 Å². The van der Waals surface area contributed by atoms with Gasteiger partial charge in [-0.2, -0.15) is 18.3 Å². The summed E-state index contributed by atoms with van der Waals surface area (Å²) in [5, 5.41) is 6.68. The quantitative estimate of drug-likeness (QED) is 0.477. The topological polar surface area (TPSA) is 85.6 Å². The van der Waals surface area contributed by atoms with Crippen molar-refractivity contribution < 1.29 is 18.0 Å². The lowest BCUT2D eigenvalue weighted by Crippen LogP contribution is -2.15. The van der Waals surface area contributed by atoms with Gasteiger partial charge in [0.05, 0.1) is 24.5 Å². The molecule has 0 atom stereocenters. The highest BCUT2D eigenvalue weighted by Gasteiger charge is 2.32. The highest BCUT2D eigenvalue weighted by atomic mass is 19.4. The van der Waals surface area contributed by atoms with Crippen molar-refractivity contribution in [2.45, 2.75) is 19.0 Å². The molecule has 7 nitrogen and oxygen atoms in total. The lowest BCUT2D eigenvalue weighted by atomic mass is 10.0. The molecule has 168 valence electrons.